The van der Waals surface area contributed by atoms with Crippen molar-refractivity contribution < 1.29 is 4.52 Å². The molecule has 0 aromatic carbocycles. The molecule has 0 aliphatic carbocycles. The number of nitrogens with one attached hydrogen (secondary N) is 1. The van der Waals surface area contributed by atoms with Crippen LogP contribution in [0, 0.1) is 18.4 Å². The number of hydrogen-bond acceptors (Lipinski definition) is 5. The number of aryl methyl sites for hydroxylation is 1. The lowest BCUT2D eigenvalue weighted by atomic mass is 10.6. The molecule has 1 rings (SSSR count). The van der Waals surface area contributed by atoms with Crippen molar-refractivity contribution in [1.29, 1.82) is 5.26 Å². The third-order valence-electron chi connectivity index (χ3n) is 0.895. The molecule has 0 unspecified atom stereocenters. The maximum Gasteiger partial charge on any atom is 0.223 e. The number of nitriles is 1. The highest BCUT2D eigenvalue weighted by atomic mass is 16.5. The van der Waals surface area contributed by atoms with Gasteiger partial charge in [-0.3, -0.25) is 0 Å². The summed E-state index contributed by atoms with van der Waals surface area (Å²) in [6, 6.07) is 0. The summed E-state index contributed by atoms with van der Waals surface area (Å²) in [6.45, 7) is 2.02. The maximum atomic E-state index is 8.09. The molecule has 0 saturated carbocycles. The summed E-state index contributed by atoms with van der Waals surface area (Å²) in [4.78, 5) is 3.86. The molecule has 0 saturated heterocycles. The minimum absolute atomic E-state index is 0.327. The number of rotatable bonds is 2. The lowest BCUT2D eigenvalue weighted by Gasteiger charge is -1.84. The predicted octanol–water partition coefficient (Wildman–Crippen LogP) is -0.0513. The summed E-state index contributed by atoms with van der Waals surface area (Å²) < 4.78 is 4.65. The summed E-state index contributed by atoms with van der Waals surface area (Å²) >= 11 is 0. The smallest absolute Gasteiger partial charge is 0.223 e. The highest BCUT2D eigenvalue weighted by Gasteiger charge is 1.98. The van der Waals surface area contributed by atoms with E-state index in [2.05, 4.69) is 20.0 Å². The van der Waals surface area contributed by atoms with E-state index in [1.807, 2.05) is 0 Å². The first-order valence-corrected chi connectivity index (χ1v) is 2.74. The molecule has 1 aromatic heterocycles. The summed E-state index contributed by atoms with van der Waals surface area (Å²) in [6.07, 6.45) is 1.75. The van der Waals surface area contributed by atoms with Crippen molar-refractivity contribution >= 4 is 0 Å². The molecular formula is C5H6N4O. The minimum Gasteiger partial charge on any atom is -0.340 e. The third kappa shape index (κ3) is 1.45. The molecule has 0 spiro atoms. The Bertz CT molecular complexity index is 248. The second-order valence-electron chi connectivity index (χ2n) is 1.69. The first-order chi connectivity index (χ1) is 4.83. The second kappa shape index (κ2) is 2.82. The summed E-state index contributed by atoms with van der Waals surface area (Å²) in [5.74, 6) is 1.01. The van der Waals surface area contributed by atoms with Gasteiger partial charge < -0.3 is 9.84 Å². The van der Waals surface area contributed by atoms with Gasteiger partial charge in [0.25, 0.3) is 0 Å². The fraction of sp³-hybridized carbons (Fsp3) is 0.400. The van der Waals surface area contributed by atoms with E-state index in [9.17, 15) is 0 Å². The number of hydrogen-bond donors (Lipinski definition) is 1. The van der Waals surface area contributed by atoms with Gasteiger partial charge in [0.15, 0.2) is 12.0 Å². The molecule has 5 nitrogen and oxygen atoms in total. The van der Waals surface area contributed by atoms with Gasteiger partial charge >= 0.3 is 0 Å². The molecule has 0 radical (unpaired) electrons. The van der Waals surface area contributed by atoms with E-state index < -0.39 is 0 Å². The molecule has 0 amide bonds. The highest BCUT2D eigenvalue weighted by molar-refractivity contribution is 4.84. The van der Waals surface area contributed by atoms with Gasteiger partial charge in [-0.1, -0.05) is 5.16 Å². The van der Waals surface area contributed by atoms with Gasteiger partial charge in [0.2, 0.25) is 5.89 Å². The van der Waals surface area contributed by atoms with Crippen molar-refractivity contribution in [3.8, 4) is 6.19 Å². The monoisotopic (exact) mass is 138 g/mol. The molecule has 0 aliphatic rings. The van der Waals surface area contributed by atoms with Crippen LogP contribution in [0.3, 0.4) is 0 Å². The third-order valence-corrected chi connectivity index (χ3v) is 0.895. The van der Waals surface area contributed by atoms with Gasteiger partial charge in [0, 0.05) is 6.92 Å². The zero-order chi connectivity index (χ0) is 7.40. The van der Waals surface area contributed by atoms with E-state index >= 15 is 0 Å². The molecular weight excluding hydrogens is 132 g/mol. The van der Waals surface area contributed by atoms with Crippen LogP contribution in [0.4, 0.5) is 0 Å². The molecule has 0 aliphatic heterocycles. The van der Waals surface area contributed by atoms with Crippen molar-refractivity contribution in [2.24, 2.45) is 0 Å². The van der Waals surface area contributed by atoms with Gasteiger partial charge in [-0.05, 0) is 0 Å². The maximum absolute atomic E-state index is 8.09. The Morgan fingerprint density at radius 3 is 3.10 bits per heavy atom. The molecule has 52 valence electrons. The summed E-state index contributed by atoms with van der Waals surface area (Å²) in [5.41, 5.74) is 0. The Hall–Kier alpha value is -1.57. The van der Waals surface area contributed by atoms with Crippen molar-refractivity contribution in [3.63, 3.8) is 0 Å². The van der Waals surface area contributed by atoms with Crippen LogP contribution in [0.15, 0.2) is 4.52 Å². The summed E-state index contributed by atoms with van der Waals surface area (Å²) in [7, 11) is 0. The van der Waals surface area contributed by atoms with E-state index in [-0.39, 0.29) is 0 Å². The zero-order valence-corrected chi connectivity index (χ0v) is 5.46. The minimum atomic E-state index is 0.327. The van der Waals surface area contributed by atoms with Crippen LogP contribution >= 0.6 is 0 Å². The average Bonchev–Trinajstić information content (AvgIpc) is 2.31. The van der Waals surface area contributed by atoms with E-state index in [1.54, 1.807) is 13.1 Å². The first-order valence-electron chi connectivity index (χ1n) is 2.74. The Morgan fingerprint density at radius 1 is 1.80 bits per heavy atom. The largest absolute Gasteiger partial charge is 0.340 e. The average molecular weight is 138 g/mol. The SMILES string of the molecule is Cc1nc(CNC#N)no1. The van der Waals surface area contributed by atoms with E-state index in [1.165, 1.54) is 0 Å². The van der Waals surface area contributed by atoms with E-state index in [0.29, 0.717) is 18.3 Å². The topological polar surface area (TPSA) is 74.7 Å². The second-order valence-corrected chi connectivity index (χ2v) is 1.69. The van der Waals surface area contributed by atoms with Crippen LogP contribution in [-0.2, 0) is 6.54 Å². The molecule has 1 heterocycles. The quantitative estimate of drug-likeness (QED) is 0.458. The Kier molecular flexibility index (Phi) is 1.85. The fourth-order valence-corrected chi connectivity index (χ4v) is 0.532. The molecule has 1 aromatic rings. The van der Waals surface area contributed by atoms with Crippen LogP contribution in [0.5, 0.6) is 0 Å². The highest BCUT2D eigenvalue weighted by Crippen LogP contribution is 1.92. The molecule has 10 heavy (non-hydrogen) atoms. The van der Waals surface area contributed by atoms with E-state index in [4.69, 9.17) is 5.26 Å². The normalized spacial score (nSPS) is 8.80. The van der Waals surface area contributed by atoms with Gasteiger partial charge in [-0.2, -0.15) is 10.2 Å². The van der Waals surface area contributed by atoms with Crippen molar-refractivity contribution in [3.05, 3.63) is 11.7 Å². The van der Waals surface area contributed by atoms with Crippen LogP contribution in [0.2, 0.25) is 0 Å². The van der Waals surface area contributed by atoms with Crippen molar-refractivity contribution in [1.82, 2.24) is 15.5 Å². The zero-order valence-electron chi connectivity index (χ0n) is 5.46. The Balaban J connectivity index is 2.52. The molecule has 1 N–H and O–H groups in total. The molecule has 0 bridgehead atoms. The lowest BCUT2D eigenvalue weighted by Crippen LogP contribution is -2.05. The van der Waals surface area contributed by atoms with Crippen LogP contribution in [0.1, 0.15) is 11.7 Å². The fourth-order valence-electron chi connectivity index (χ4n) is 0.532. The number of aromatic nitrogens is 2. The van der Waals surface area contributed by atoms with Crippen LogP contribution in [-0.4, -0.2) is 10.1 Å². The van der Waals surface area contributed by atoms with Crippen LogP contribution in [0.25, 0.3) is 0 Å². The van der Waals surface area contributed by atoms with Gasteiger partial charge in [0.05, 0.1) is 6.54 Å². The van der Waals surface area contributed by atoms with Crippen molar-refractivity contribution in [2.75, 3.05) is 0 Å². The predicted molar refractivity (Wildman–Crippen MR) is 31.5 cm³/mol. The van der Waals surface area contributed by atoms with E-state index in [0.717, 1.165) is 0 Å². The van der Waals surface area contributed by atoms with Crippen molar-refractivity contribution in [2.45, 2.75) is 13.5 Å². The van der Waals surface area contributed by atoms with Gasteiger partial charge in [0.1, 0.15) is 0 Å². The lowest BCUT2D eigenvalue weighted by molar-refractivity contribution is 0.386. The molecule has 0 fully saturated rings. The van der Waals surface area contributed by atoms with Gasteiger partial charge in [-0.25, -0.2) is 0 Å². The Morgan fingerprint density at radius 2 is 2.60 bits per heavy atom. The molecule has 5 heteroatoms. The first kappa shape index (κ1) is 6.55. The Labute approximate surface area is 57.7 Å². The molecule has 0 atom stereocenters. The van der Waals surface area contributed by atoms with Crippen LogP contribution < -0.4 is 5.32 Å². The summed E-state index contributed by atoms with van der Waals surface area (Å²) in [5, 5.41) is 14.0. The van der Waals surface area contributed by atoms with Gasteiger partial charge in [-0.15, -0.1) is 0 Å². The number of nitrogens with zero attached hydrogens (tertiary/aromatic N) is 3. The standard InChI is InChI=1S/C5H6N4O/c1-4-8-5(9-10-4)2-7-3-6/h7H,2H2,1H3.